The van der Waals surface area contributed by atoms with Gasteiger partial charge in [0.15, 0.2) is 0 Å². The maximum atomic E-state index is 6.12. The molecule has 0 unspecified atom stereocenters. The summed E-state index contributed by atoms with van der Waals surface area (Å²) in [5.41, 5.74) is 1.63. The molecule has 112 valence electrons. The molecule has 0 amide bonds. The third kappa shape index (κ3) is 6.41. The molecule has 0 aliphatic carbocycles. The summed E-state index contributed by atoms with van der Waals surface area (Å²) in [7, 11) is 0. The van der Waals surface area contributed by atoms with E-state index in [0.29, 0.717) is 0 Å². The summed E-state index contributed by atoms with van der Waals surface area (Å²) in [5.74, 6) is 6.12. The van der Waals surface area contributed by atoms with E-state index in [9.17, 15) is 0 Å². The van der Waals surface area contributed by atoms with Crippen LogP contribution in [0.5, 0.6) is 0 Å². The lowest BCUT2D eigenvalue weighted by atomic mass is 9.84. The molecule has 0 atom stereocenters. The molecule has 1 fully saturated rings. The molecule has 1 rings (SSSR count). The molecule has 1 heterocycles. The molecule has 0 bridgehead atoms. The Balaban J connectivity index is 2.43. The maximum Gasteiger partial charge on any atom is 0.0594 e. The van der Waals surface area contributed by atoms with Crippen molar-refractivity contribution >= 4 is 0 Å². The molecule has 0 radical (unpaired) electrons. The summed E-state index contributed by atoms with van der Waals surface area (Å²) in [6, 6.07) is 0. The first-order chi connectivity index (χ1) is 8.93. The van der Waals surface area contributed by atoms with Crippen LogP contribution in [0.4, 0.5) is 0 Å². The van der Waals surface area contributed by atoms with Gasteiger partial charge in [0.1, 0.15) is 0 Å². The molecular weight excluding hydrogens is 238 g/mol. The van der Waals surface area contributed by atoms with Crippen LogP contribution in [0.1, 0.15) is 40.5 Å². The van der Waals surface area contributed by atoms with Crippen LogP contribution in [0.25, 0.3) is 0 Å². The molecule has 0 aromatic rings. The molecule has 0 spiro atoms. The standard InChI is InChI=1S/C15H31N3O/c1-5-6-14(15(2,3)4)13-18(16)8-7-17-9-11-19-12-10-17/h13H,5-12,16H2,1-4H3/b14-13+. The normalized spacial score (nSPS) is 18.7. The second kappa shape index (κ2) is 7.88. The predicted molar refractivity (Wildman–Crippen MR) is 80.6 cm³/mol. The van der Waals surface area contributed by atoms with E-state index in [1.807, 2.05) is 5.01 Å². The van der Waals surface area contributed by atoms with Crippen LogP contribution in [0.2, 0.25) is 0 Å². The Morgan fingerprint density at radius 1 is 1.32 bits per heavy atom. The van der Waals surface area contributed by atoms with Crippen LogP contribution in [0, 0.1) is 5.41 Å². The lowest BCUT2D eigenvalue weighted by Gasteiger charge is -2.29. The van der Waals surface area contributed by atoms with E-state index >= 15 is 0 Å². The van der Waals surface area contributed by atoms with Crippen molar-refractivity contribution in [3.05, 3.63) is 11.8 Å². The molecule has 19 heavy (non-hydrogen) atoms. The highest BCUT2D eigenvalue weighted by Crippen LogP contribution is 2.28. The largest absolute Gasteiger partial charge is 0.379 e. The number of hydrogen-bond donors (Lipinski definition) is 1. The second-order valence-corrected chi connectivity index (χ2v) is 6.35. The summed E-state index contributed by atoms with van der Waals surface area (Å²) in [6.45, 7) is 14.6. The van der Waals surface area contributed by atoms with Gasteiger partial charge < -0.3 is 9.75 Å². The molecule has 1 aliphatic rings. The number of allylic oxidation sites excluding steroid dienone is 1. The molecule has 2 N–H and O–H groups in total. The quantitative estimate of drug-likeness (QED) is 0.593. The van der Waals surface area contributed by atoms with E-state index in [0.717, 1.165) is 45.8 Å². The fourth-order valence-corrected chi connectivity index (χ4v) is 2.25. The van der Waals surface area contributed by atoms with Crippen molar-refractivity contribution in [3.8, 4) is 0 Å². The summed E-state index contributed by atoms with van der Waals surface area (Å²) >= 11 is 0. The van der Waals surface area contributed by atoms with Crippen molar-refractivity contribution in [2.75, 3.05) is 39.4 Å². The van der Waals surface area contributed by atoms with E-state index in [-0.39, 0.29) is 5.41 Å². The third-order valence-electron chi connectivity index (χ3n) is 3.58. The topological polar surface area (TPSA) is 41.7 Å². The minimum absolute atomic E-state index is 0.201. The Kier molecular flexibility index (Phi) is 6.83. The monoisotopic (exact) mass is 269 g/mol. The minimum Gasteiger partial charge on any atom is -0.379 e. The van der Waals surface area contributed by atoms with Gasteiger partial charge in [0.2, 0.25) is 0 Å². The van der Waals surface area contributed by atoms with E-state index in [2.05, 4.69) is 38.8 Å². The zero-order valence-corrected chi connectivity index (χ0v) is 13.1. The van der Waals surface area contributed by atoms with Crippen molar-refractivity contribution in [2.24, 2.45) is 11.3 Å². The molecular formula is C15H31N3O. The average Bonchev–Trinajstić information content (AvgIpc) is 2.36. The maximum absolute atomic E-state index is 6.12. The number of ether oxygens (including phenoxy) is 1. The molecule has 1 saturated heterocycles. The van der Waals surface area contributed by atoms with Crippen molar-refractivity contribution in [2.45, 2.75) is 40.5 Å². The highest BCUT2D eigenvalue weighted by Gasteiger charge is 2.17. The van der Waals surface area contributed by atoms with Crippen LogP contribution >= 0.6 is 0 Å². The molecule has 4 heteroatoms. The zero-order valence-electron chi connectivity index (χ0n) is 13.1. The Morgan fingerprint density at radius 2 is 1.95 bits per heavy atom. The minimum atomic E-state index is 0.201. The summed E-state index contributed by atoms with van der Waals surface area (Å²) in [6.07, 6.45) is 4.43. The molecule has 0 aromatic heterocycles. The van der Waals surface area contributed by atoms with Gasteiger partial charge in [-0.05, 0) is 17.4 Å². The number of nitrogens with zero attached hydrogens (tertiary/aromatic N) is 2. The zero-order chi connectivity index (χ0) is 14.3. The highest BCUT2D eigenvalue weighted by molar-refractivity contribution is 5.09. The van der Waals surface area contributed by atoms with Crippen LogP contribution < -0.4 is 5.84 Å². The van der Waals surface area contributed by atoms with Gasteiger partial charge in [0.25, 0.3) is 0 Å². The summed E-state index contributed by atoms with van der Waals surface area (Å²) in [4.78, 5) is 2.41. The van der Waals surface area contributed by atoms with Crippen LogP contribution in [0.15, 0.2) is 11.8 Å². The Labute approximate surface area is 118 Å². The lowest BCUT2D eigenvalue weighted by Crippen LogP contribution is -2.42. The first-order valence-corrected chi connectivity index (χ1v) is 7.46. The Hall–Kier alpha value is -0.580. The van der Waals surface area contributed by atoms with Gasteiger partial charge in [-0.25, -0.2) is 5.84 Å². The van der Waals surface area contributed by atoms with E-state index in [1.54, 1.807) is 0 Å². The molecule has 0 saturated carbocycles. The number of rotatable bonds is 6. The van der Waals surface area contributed by atoms with Crippen LogP contribution in [-0.4, -0.2) is 49.3 Å². The average molecular weight is 269 g/mol. The predicted octanol–water partition coefficient (Wildman–Crippen LogP) is 2.22. The molecule has 4 nitrogen and oxygen atoms in total. The Bertz CT molecular complexity index is 278. The smallest absolute Gasteiger partial charge is 0.0594 e. The van der Waals surface area contributed by atoms with Crippen molar-refractivity contribution in [1.29, 1.82) is 0 Å². The van der Waals surface area contributed by atoms with Gasteiger partial charge in [0.05, 0.1) is 13.2 Å². The number of morpholine rings is 1. The highest BCUT2D eigenvalue weighted by atomic mass is 16.5. The summed E-state index contributed by atoms with van der Waals surface area (Å²) in [5, 5.41) is 1.85. The number of hydrogen-bond acceptors (Lipinski definition) is 4. The SMILES string of the molecule is CCC/C(=C\N(N)CCN1CCOCC1)C(C)(C)C. The lowest BCUT2D eigenvalue weighted by molar-refractivity contribution is 0.0352. The molecule has 0 aromatic carbocycles. The fraction of sp³-hybridized carbons (Fsp3) is 0.867. The van der Waals surface area contributed by atoms with Crippen LogP contribution in [0.3, 0.4) is 0 Å². The van der Waals surface area contributed by atoms with Gasteiger partial charge >= 0.3 is 0 Å². The van der Waals surface area contributed by atoms with Gasteiger partial charge in [-0.1, -0.05) is 34.1 Å². The van der Waals surface area contributed by atoms with E-state index in [1.165, 1.54) is 12.0 Å². The van der Waals surface area contributed by atoms with E-state index in [4.69, 9.17) is 10.6 Å². The van der Waals surface area contributed by atoms with Crippen molar-refractivity contribution < 1.29 is 4.74 Å². The Morgan fingerprint density at radius 3 is 2.47 bits per heavy atom. The van der Waals surface area contributed by atoms with Gasteiger partial charge in [0, 0.05) is 32.4 Å². The van der Waals surface area contributed by atoms with Crippen LogP contribution in [-0.2, 0) is 4.74 Å². The molecule has 1 aliphatic heterocycles. The van der Waals surface area contributed by atoms with Crippen molar-refractivity contribution in [1.82, 2.24) is 9.91 Å². The summed E-state index contributed by atoms with van der Waals surface area (Å²) < 4.78 is 5.35. The fourth-order valence-electron chi connectivity index (χ4n) is 2.25. The van der Waals surface area contributed by atoms with Gasteiger partial charge in [-0.15, -0.1) is 0 Å². The number of hydrazine groups is 1. The van der Waals surface area contributed by atoms with Gasteiger partial charge in [-0.3, -0.25) is 4.90 Å². The number of nitrogens with two attached hydrogens (primary N) is 1. The third-order valence-corrected chi connectivity index (χ3v) is 3.58. The second-order valence-electron chi connectivity index (χ2n) is 6.35. The van der Waals surface area contributed by atoms with Crippen molar-refractivity contribution in [3.63, 3.8) is 0 Å². The van der Waals surface area contributed by atoms with E-state index < -0.39 is 0 Å². The first-order valence-electron chi connectivity index (χ1n) is 7.46. The first kappa shape index (κ1) is 16.5. The van der Waals surface area contributed by atoms with Gasteiger partial charge in [-0.2, -0.15) is 0 Å².